The van der Waals surface area contributed by atoms with Crippen LogP contribution in [-0.4, -0.2) is 46.5 Å². The number of nitrogens with zero attached hydrogens (tertiary/aromatic N) is 3. The van der Waals surface area contributed by atoms with Crippen LogP contribution in [0.2, 0.25) is 0 Å². The second-order valence-corrected chi connectivity index (χ2v) is 5.81. The maximum Gasteiger partial charge on any atom is 0.271 e. The van der Waals surface area contributed by atoms with Gasteiger partial charge in [-0.05, 0) is 38.8 Å². The minimum atomic E-state index is -0.137. The molecule has 0 bridgehead atoms. The van der Waals surface area contributed by atoms with Gasteiger partial charge >= 0.3 is 0 Å². The maximum atomic E-state index is 12.1. The molecule has 0 radical (unpaired) electrons. The first-order valence-corrected chi connectivity index (χ1v) is 7.39. The molecule has 1 saturated heterocycles. The molecule has 20 heavy (non-hydrogen) atoms. The molecule has 1 amide bonds. The van der Waals surface area contributed by atoms with Crippen LogP contribution in [0.4, 0.5) is 0 Å². The predicted octanol–water partition coefficient (Wildman–Crippen LogP) is 1.64. The lowest BCUT2D eigenvalue weighted by molar-refractivity contribution is 0.0922. The zero-order chi connectivity index (χ0) is 14.5. The fourth-order valence-corrected chi connectivity index (χ4v) is 2.66. The third kappa shape index (κ3) is 3.76. The van der Waals surface area contributed by atoms with Crippen molar-refractivity contribution in [2.75, 3.05) is 19.6 Å². The summed E-state index contributed by atoms with van der Waals surface area (Å²) in [5.74, 6) is 0.389. The smallest absolute Gasteiger partial charge is 0.271 e. The summed E-state index contributed by atoms with van der Waals surface area (Å²) in [6.45, 7) is 9.23. The molecule has 5 nitrogen and oxygen atoms in total. The molecule has 1 fully saturated rings. The third-order valence-corrected chi connectivity index (χ3v) is 3.86. The molecule has 0 saturated carbocycles. The number of hydrogen-bond donors (Lipinski definition) is 1. The van der Waals surface area contributed by atoms with Crippen LogP contribution in [0.15, 0.2) is 12.4 Å². The number of carbonyl (C=O) groups excluding carboxylic acids is 1. The van der Waals surface area contributed by atoms with Crippen LogP contribution in [-0.2, 0) is 0 Å². The van der Waals surface area contributed by atoms with E-state index in [0.29, 0.717) is 24.2 Å². The average molecular weight is 276 g/mol. The van der Waals surface area contributed by atoms with Crippen LogP contribution in [0.25, 0.3) is 0 Å². The quantitative estimate of drug-likeness (QED) is 0.888. The highest BCUT2D eigenvalue weighted by Gasteiger charge is 2.25. The fraction of sp³-hybridized carbons (Fsp3) is 0.667. The molecule has 2 heterocycles. The Balaban J connectivity index is 1.91. The van der Waals surface area contributed by atoms with E-state index in [1.165, 1.54) is 19.0 Å². The van der Waals surface area contributed by atoms with Crippen molar-refractivity contribution < 1.29 is 4.79 Å². The highest BCUT2D eigenvalue weighted by molar-refractivity contribution is 5.91. The standard InChI is InChI=1S/C15H24N4O/c1-11(2)14(19-6-4-5-7-19)10-18-15(20)13-9-16-12(3)8-17-13/h8-9,11,14H,4-7,10H2,1-3H3,(H,18,20)/t14-/m0/s1. The SMILES string of the molecule is Cc1cnc(C(=O)NC[C@@H](C(C)C)N2CCCC2)cn1. The normalized spacial score (nSPS) is 17.4. The zero-order valence-corrected chi connectivity index (χ0v) is 12.6. The topological polar surface area (TPSA) is 58.1 Å². The molecule has 1 aliphatic heterocycles. The van der Waals surface area contributed by atoms with Crippen LogP contribution in [0.1, 0.15) is 42.9 Å². The number of aryl methyl sites for hydroxylation is 1. The summed E-state index contributed by atoms with van der Waals surface area (Å²) in [5, 5.41) is 2.99. The van der Waals surface area contributed by atoms with Gasteiger partial charge in [-0.15, -0.1) is 0 Å². The number of aromatic nitrogens is 2. The number of likely N-dealkylation sites (tertiary alicyclic amines) is 1. The molecular formula is C15H24N4O. The van der Waals surface area contributed by atoms with Crippen molar-refractivity contribution in [1.82, 2.24) is 20.2 Å². The van der Waals surface area contributed by atoms with E-state index in [9.17, 15) is 4.79 Å². The molecule has 0 unspecified atom stereocenters. The van der Waals surface area contributed by atoms with Gasteiger partial charge in [0.25, 0.3) is 5.91 Å². The highest BCUT2D eigenvalue weighted by atomic mass is 16.1. The van der Waals surface area contributed by atoms with Crippen molar-refractivity contribution in [3.63, 3.8) is 0 Å². The summed E-state index contributed by atoms with van der Waals surface area (Å²) in [7, 11) is 0. The van der Waals surface area contributed by atoms with Gasteiger partial charge in [0, 0.05) is 18.8 Å². The van der Waals surface area contributed by atoms with E-state index in [1.54, 1.807) is 6.20 Å². The Hall–Kier alpha value is -1.49. The van der Waals surface area contributed by atoms with E-state index in [2.05, 4.69) is 34.0 Å². The predicted molar refractivity (Wildman–Crippen MR) is 78.5 cm³/mol. The highest BCUT2D eigenvalue weighted by Crippen LogP contribution is 2.17. The Morgan fingerprint density at radius 2 is 2.00 bits per heavy atom. The monoisotopic (exact) mass is 276 g/mol. The van der Waals surface area contributed by atoms with Crippen LogP contribution in [0.5, 0.6) is 0 Å². The molecule has 1 aromatic rings. The first-order chi connectivity index (χ1) is 9.58. The van der Waals surface area contributed by atoms with E-state index < -0.39 is 0 Å². The van der Waals surface area contributed by atoms with E-state index in [4.69, 9.17) is 0 Å². The third-order valence-electron chi connectivity index (χ3n) is 3.86. The van der Waals surface area contributed by atoms with E-state index in [1.807, 2.05) is 6.92 Å². The van der Waals surface area contributed by atoms with Gasteiger partial charge in [-0.2, -0.15) is 0 Å². The van der Waals surface area contributed by atoms with Gasteiger partial charge in [0.15, 0.2) is 0 Å². The minimum Gasteiger partial charge on any atom is -0.349 e. The van der Waals surface area contributed by atoms with E-state index in [-0.39, 0.29) is 5.91 Å². The Morgan fingerprint density at radius 1 is 1.30 bits per heavy atom. The van der Waals surface area contributed by atoms with Gasteiger partial charge in [0.05, 0.1) is 11.9 Å². The number of carbonyl (C=O) groups is 1. The lowest BCUT2D eigenvalue weighted by Gasteiger charge is -2.30. The Kier molecular flexibility index (Phi) is 5.06. The zero-order valence-electron chi connectivity index (χ0n) is 12.6. The lowest BCUT2D eigenvalue weighted by Crippen LogP contribution is -2.45. The number of rotatable bonds is 5. The largest absolute Gasteiger partial charge is 0.349 e. The summed E-state index contributed by atoms with van der Waals surface area (Å²) in [6, 6.07) is 0.403. The van der Waals surface area contributed by atoms with Crippen molar-refractivity contribution in [3.8, 4) is 0 Å². The van der Waals surface area contributed by atoms with Gasteiger partial charge in [0.1, 0.15) is 5.69 Å². The molecule has 0 aromatic carbocycles. The van der Waals surface area contributed by atoms with Gasteiger partial charge in [-0.3, -0.25) is 14.7 Å². The Morgan fingerprint density at radius 3 is 2.55 bits per heavy atom. The molecule has 1 aromatic heterocycles. The number of nitrogens with one attached hydrogen (secondary N) is 1. The second kappa shape index (κ2) is 6.79. The minimum absolute atomic E-state index is 0.137. The molecule has 1 aliphatic rings. The molecule has 2 rings (SSSR count). The summed E-state index contributed by atoms with van der Waals surface area (Å²) >= 11 is 0. The van der Waals surface area contributed by atoms with E-state index >= 15 is 0 Å². The number of hydrogen-bond acceptors (Lipinski definition) is 4. The fourth-order valence-electron chi connectivity index (χ4n) is 2.66. The molecule has 0 spiro atoms. The van der Waals surface area contributed by atoms with Crippen LogP contribution >= 0.6 is 0 Å². The molecular weight excluding hydrogens is 252 g/mol. The second-order valence-electron chi connectivity index (χ2n) is 5.81. The van der Waals surface area contributed by atoms with Gasteiger partial charge in [-0.25, -0.2) is 4.98 Å². The van der Waals surface area contributed by atoms with Crippen molar-refractivity contribution in [1.29, 1.82) is 0 Å². The van der Waals surface area contributed by atoms with Crippen molar-refractivity contribution in [2.24, 2.45) is 5.92 Å². The van der Waals surface area contributed by atoms with Crippen molar-refractivity contribution in [3.05, 3.63) is 23.8 Å². The van der Waals surface area contributed by atoms with Crippen molar-refractivity contribution >= 4 is 5.91 Å². The van der Waals surface area contributed by atoms with Crippen molar-refractivity contribution in [2.45, 2.75) is 39.7 Å². The average Bonchev–Trinajstić information content (AvgIpc) is 2.93. The van der Waals surface area contributed by atoms with Crippen LogP contribution < -0.4 is 5.32 Å². The van der Waals surface area contributed by atoms with Gasteiger partial charge < -0.3 is 5.32 Å². The molecule has 110 valence electrons. The summed E-state index contributed by atoms with van der Waals surface area (Å²) in [6.07, 6.45) is 5.68. The summed E-state index contributed by atoms with van der Waals surface area (Å²) in [5.41, 5.74) is 1.21. The van der Waals surface area contributed by atoms with Crippen LogP contribution in [0, 0.1) is 12.8 Å². The molecule has 5 heteroatoms. The number of amides is 1. The van der Waals surface area contributed by atoms with Gasteiger partial charge in [0.2, 0.25) is 0 Å². The first kappa shape index (κ1) is 14.9. The van der Waals surface area contributed by atoms with Crippen LogP contribution in [0.3, 0.4) is 0 Å². The first-order valence-electron chi connectivity index (χ1n) is 7.39. The molecule has 1 N–H and O–H groups in total. The molecule has 1 atom stereocenters. The van der Waals surface area contributed by atoms with Gasteiger partial charge in [-0.1, -0.05) is 13.8 Å². The molecule has 0 aliphatic carbocycles. The Labute approximate surface area is 120 Å². The maximum absolute atomic E-state index is 12.1. The lowest BCUT2D eigenvalue weighted by atomic mass is 10.0. The summed E-state index contributed by atoms with van der Waals surface area (Å²) < 4.78 is 0. The summed E-state index contributed by atoms with van der Waals surface area (Å²) in [4.78, 5) is 22.8. The van der Waals surface area contributed by atoms with E-state index in [0.717, 1.165) is 18.8 Å². The Bertz CT molecular complexity index is 438.